The first-order chi connectivity index (χ1) is 9.37. The average Bonchev–Trinajstić information content (AvgIpc) is 2.95. The topological polar surface area (TPSA) is 139 Å². The lowest BCUT2D eigenvalue weighted by Gasteiger charge is -2.29. The van der Waals surface area contributed by atoms with Gasteiger partial charge in [-0.1, -0.05) is 0 Å². The van der Waals surface area contributed by atoms with Crippen molar-refractivity contribution in [2.75, 3.05) is 13.3 Å². The van der Waals surface area contributed by atoms with Crippen molar-refractivity contribution in [2.45, 2.75) is 24.5 Å². The molecule has 110 valence electrons. The quantitative estimate of drug-likeness (QED) is 0.654. The number of carbonyl (C=O) groups excluding carboxylic acids is 1. The summed E-state index contributed by atoms with van der Waals surface area (Å²) in [4.78, 5) is 14.6. The summed E-state index contributed by atoms with van der Waals surface area (Å²) in [7, 11) is -3.18. The van der Waals surface area contributed by atoms with Crippen molar-refractivity contribution in [1.29, 1.82) is 0 Å². The molecule has 0 aromatic carbocycles. The Hall–Kier alpha value is -1.32. The van der Waals surface area contributed by atoms with Crippen molar-refractivity contribution in [1.82, 2.24) is 14.8 Å². The van der Waals surface area contributed by atoms with E-state index in [0.29, 0.717) is 0 Å². The van der Waals surface area contributed by atoms with Crippen LogP contribution in [-0.2, 0) is 18.3 Å². The molecule has 3 heterocycles. The summed E-state index contributed by atoms with van der Waals surface area (Å²) < 4.78 is 28.7. The largest absolute Gasteiger partial charge is 0.385 e. The van der Waals surface area contributed by atoms with E-state index in [1.165, 1.54) is 17.7 Å². The Labute approximate surface area is 113 Å². The molecular weight excluding hydrogens is 291 g/mol. The summed E-state index contributed by atoms with van der Waals surface area (Å²) >= 11 is 0. The fourth-order valence-corrected chi connectivity index (χ4v) is 3.35. The monoisotopic (exact) mass is 304 g/mol. The average molecular weight is 304 g/mol. The van der Waals surface area contributed by atoms with Crippen molar-refractivity contribution in [3.63, 3.8) is 0 Å². The van der Waals surface area contributed by atoms with E-state index < -0.39 is 38.0 Å². The minimum absolute atomic E-state index is 0.0450. The minimum atomic E-state index is -3.18. The lowest BCUT2D eigenvalue weighted by molar-refractivity contribution is -0.0637. The van der Waals surface area contributed by atoms with E-state index in [9.17, 15) is 14.5 Å². The predicted molar refractivity (Wildman–Crippen MR) is 62.8 cm³/mol. The number of hydrogen-bond acceptors (Lipinski definition) is 8. The molecule has 3 N–H and O–H groups in total. The van der Waals surface area contributed by atoms with Gasteiger partial charge in [0.05, 0.1) is 6.61 Å². The zero-order valence-corrected chi connectivity index (χ0v) is 11.3. The Morgan fingerprint density at radius 3 is 3.05 bits per heavy atom. The number of nitrogens with two attached hydrogens (primary N) is 1. The molecule has 0 spiro atoms. The van der Waals surface area contributed by atoms with Gasteiger partial charge in [0.2, 0.25) is 5.82 Å². The number of aromatic nitrogens is 3. The minimum Gasteiger partial charge on any atom is -0.385 e. The Kier molecular flexibility index (Phi) is 3.14. The first kappa shape index (κ1) is 13.7. The highest BCUT2D eigenvalue weighted by atomic mass is 31.2. The number of primary amides is 1. The molecule has 0 aliphatic carbocycles. The van der Waals surface area contributed by atoms with E-state index in [1.54, 1.807) is 0 Å². The van der Waals surface area contributed by atoms with Gasteiger partial charge < -0.3 is 20.1 Å². The normalized spacial score (nSPS) is 40.5. The molecular formula is C9H13N4O6P. The molecule has 20 heavy (non-hydrogen) atoms. The number of ether oxygens (including phenoxy) is 1. The first-order valence-electron chi connectivity index (χ1n) is 5.82. The molecule has 1 amide bonds. The lowest BCUT2D eigenvalue weighted by Crippen LogP contribution is -2.39. The number of carbonyl (C=O) groups is 1. The number of amides is 1. The van der Waals surface area contributed by atoms with Crippen LogP contribution in [0.2, 0.25) is 0 Å². The zero-order valence-electron chi connectivity index (χ0n) is 10.4. The second-order valence-corrected chi connectivity index (χ2v) is 6.62. The maximum absolute atomic E-state index is 11.8. The molecule has 5 atom stereocenters. The lowest BCUT2D eigenvalue weighted by atomic mass is 10.1. The number of aliphatic hydroxyl groups is 1. The molecule has 0 saturated carbocycles. The van der Waals surface area contributed by atoms with Gasteiger partial charge in [0, 0.05) is 6.66 Å². The molecule has 0 bridgehead atoms. The fraction of sp³-hybridized carbons (Fsp3) is 0.667. The third-order valence-electron chi connectivity index (χ3n) is 3.09. The molecule has 0 radical (unpaired) electrons. The molecule has 11 heteroatoms. The molecule has 3 rings (SSSR count). The van der Waals surface area contributed by atoms with Crippen LogP contribution in [0, 0.1) is 0 Å². The third kappa shape index (κ3) is 2.25. The number of aliphatic hydroxyl groups excluding tert-OH is 1. The van der Waals surface area contributed by atoms with Crippen LogP contribution < -0.4 is 5.73 Å². The molecule has 1 aromatic rings. The Balaban J connectivity index is 1.82. The van der Waals surface area contributed by atoms with Crippen molar-refractivity contribution >= 4 is 13.5 Å². The van der Waals surface area contributed by atoms with E-state index in [1.807, 2.05) is 0 Å². The van der Waals surface area contributed by atoms with Gasteiger partial charge in [0.15, 0.2) is 6.23 Å². The Bertz CT molecular complexity index is 591. The van der Waals surface area contributed by atoms with E-state index in [0.717, 1.165) is 0 Å². The van der Waals surface area contributed by atoms with Crippen LogP contribution in [-0.4, -0.2) is 57.4 Å². The first-order valence-corrected chi connectivity index (χ1v) is 7.81. The third-order valence-corrected chi connectivity index (χ3v) is 4.33. The van der Waals surface area contributed by atoms with Crippen LogP contribution in [0.15, 0.2) is 6.33 Å². The van der Waals surface area contributed by atoms with Crippen molar-refractivity contribution in [3.8, 4) is 0 Å². The highest BCUT2D eigenvalue weighted by Crippen LogP contribution is 2.52. The molecule has 10 nitrogen and oxygen atoms in total. The van der Waals surface area contributed by atoms with E-state index in [4.69, 9.17) is 19.5 Å². The van der Waals surface area contributed by atoms with Crippen molar-refractivity contribution < 1.29 is 28.3 Å². The van der Waals surface area contributed by atoms with Gasteiger partial charge in [-0.3, -0.25) is 13.9 Å². The number of nitrogens with zero attached hydrogens (tertiary/aromatic N) is 3. The van der Waals surface area contributed by atoms with Gasteiger partial charge >= 0.3 is 7.60 Å². The summed E-state index contributed by atoms with van der Waals surface area (Å²) in [6.07, 6.45) is -2.16. The van der Waals surface area contributed by atoms with E-state index in [-0.39, 0.29) is 12.4 Å². The summed E-state index contributed by atoms with van der Waals surface area (Å²) in [5.41, 5.74) is 5.05. The molecule has 2 fully saturated rings. The smallest absolute Gasteiger partial charge is 0.328 e. The van der Waals surface area contributed by atoms with Crippen molar-refractivity contribution in [3.05, 3.63) is 12.2 Å². The highest BCUT2D eigenvalue weighted by Gasteiger charge is 2.51. The number of hydrogen-bond donors (Lipinski definition) is 2. The maximum Gasteiger partial charge on any atom is 0.328 e. The highest BCUT2D eigenvalue weighted by molar-refractivity contribution is 7.53. The maximum atomic E-state index is 11.8. The standard InChI is InChI=1S/C9H13N4O6P/c1-20(16)17-2-4-6(19-20)5(14)9(18-4)13-3-11-8(12-13)7(10)15/h3-6,9,14H,2H2,1H3,(H2,10,15)/t4-,5-,6-,9-,20?/m1/s1. The Morgan fingerprint density at radius 1 is 1.65 bits per heavy atom. The molecule has 1 aromatic heterocycles. The zero-order chi connectivity index (χ0) is 14.5. The van der Waals surface area contributed by atoms with Crippen LogP contribution in [0.4, 0.5) is 0 Å². The van der Waals surface area contributed by atoms with Gasteiger partial charge in [-0.15, -0.1) is 5.10 Å². The predicted octanol–water partition coefficient (Wildman–Crippen LogP) is -1.13. The van der Waals surface area contributed by atoms with Crippen LogP contribution in [0.3, 0.4) is 0 Å². The summed E-state index contributed by atoms with van der Waals surface area (Å²) in [6, 6.07) is 0. The van der Waals surface area contributed by atoms with E-state index >= 15 is 0 Å². The second kappa shape index (κ2) is 4.61. The van der Waals surface area contributed by atoms with Gasteiger partial charge in [-0.25, -0.2) is 9.67 Å². The summed E-state index contributed by atoms with van der Waals surface area (Å²) in [6.45, 7) is 1.37. The fourth-order valence-electron chi connectivity index (χ4n) is 2.17. The van der Waals surface area contributed by atoms with Crippen molar-refractivity contribution in [2.24, 2.45) is 5.73 Å². The van der Waals surface area contributed by atoms with Crippen LogP contribution >= 0.6 is 7.60 Å². The Morgan fingerprint density at radius 2 is 2.40 bits per heavy atom. The van der Waals surface area contributed by atoms with Gasteiger partial charge in [-0.2, -0.15) is 0 Å². The summed E-state index contributed by atoms with van der Waals surface area (Å²) in [5, 5.41) is 14.0. The molecule has 2 saturated heterocycles. The number of fused-ring (bicyclic) bond motifs is 1. The molecule has 2 aliphatic rings. The van der Waals surface area contributed by atoms with Crippen LogP contribution in [0.1, 0.15) is 16.8 Å². The summed E-state index contributed by atoms with van der Waals surface area (Å²) in [5.74, 6) is -0.972. The van der Waals surface area contributed by atoms with Crippen LogP contribution in [0.25, 0.3) is 0 Å². The molecule has 1 unspecified atom stereocenters. The SMILES string of the molecule is CP1(=O)OC[C@H]2O[C@@H](n3cnc(C(N)=O)n3)[C@H](O)[C@@H]2O1. The van der Waals surface area contributed by atoms with Gasteiger partial charge in [0.1, 0.15) is 24.6 Å². The van der Waals surface area contributed by atoms with Crippen LogP contribution in [0.5, 0.6) is 0 Å². The molecule has 2 aliphatic heterocycles. The number of rotatable bonds is 2. The second-order valence-electron chi connectivity index (χ2n) is 4.61. The van der Waals surface area contributed by atoms with Gasteiger partial charge in [0.25, 0.3) is 5.91 Å². The van der Waals surface area contributed by atoms with Gasteiger partial charge in [-0.05, 0) is 0 Å². The van der Waals surface area contributed by atoms with E-state index in [2.05, 4.69) is 10.1 Å².